The molecule has 0 N–H and O–H groups in total. The molecule has 0 unspecified atom stereocenters. The van der Waals surface area contributed by atoms with Crippen LogP contribution in [0.25, 0.3) is 5.78 Å². The lowest BCUT2D eigenvalue weighted by atomic mass is 9.97. The van der Waals surface area contributed by atoms with E-state index in [0.717, 1.165) is 44.8 Å². The summed E-state index contributed by atoms with van der Waals surface area (Å²) >= 11 is 0. The maximum absolute atomic E-state index is 12.9. The van der Waals surface area contributed by atoms with E-state index < -0.39 is 0 Å². The molecule has 0 radical (unpaired) electrons. The number of amides is 1. The lowest BCUT2D eigenvalue weighted by Gasteiger charge is -2.36. The van der Waals surface area contributed by atoms with E-state index in [1.165, 1.54) is 11.1 Å². The largest absolute Gasteiger partial charge is 0.354 e. The molecule has 1 aromatic carbocycles. The van der Waals surface area contributed by atoms with Gasteiger partial charge in [-0.15, -0.1) is 10.2 Å². The second kappa shape index (κ2) is 6.64. The first-order chi connectivity index (χ1) is 13.3. The van der Waals surface area contributed by atoms with Crippen LogP contribution in [0, 0.1) is 0 Å². The topological polar surface area (TPSA) is 66.6 Å². The molecule has 2 aliphatic rings. The van der Waals surface area contributed by atoms with E-state index >= 15 is 0 Å². The van der Waals surface area contributed by atoms with E-state index in [9.17, 15) is 4.79 Å². The monoisotopic (exact) mass is 362 g/mol. The fourth-order valence-electron chi connectivity index (χ4n) is 4.37. The van der Waals surface area contributed by atoms with Crippen LogP contribution in [0.3, 0.4) is 0 Å². The molecule has 1 fully saturated rings. The molecular formula is C20H22N6O. The molecule has 0 bridgehead atoms. The molecule has 0 spiro atoms. The third-order valence-electron chi connectivity index (χ3n) is 5.82. The van der Waals surface area contributed by atoms with Gasteiger partial charge in [0.15, 0.2) is 0 Å². The van der Waals surface area contributed by atoms with Crippen molar-refractivity contribution in [3.8, 4) is 0 Å². The Hall–Kier alpha value is -2.96. The first-order valence-corrected chi connectivity index (χ1v) is 9.55. The summed E-state index contributed by atoms with van der Waals surface area (Å²) < 4.78 is 1.90. The number of aromatic nitrogens is 4. The third-order valence-corrected chi connectivity index (χ3v) is 5.82. The Morgan fingerprint density at radius 3 is 2.85 bits per heavy atom. The molecule has 0 saturated carbocycles. The van der Waals surface area contributed by atoms with Crippen molar-refractivity contribution >= 4 is 17.5 Å². The first-order valence-electron chi connectivity index (χ1n) is 9.55. The molecule has 1 amide bonds. The minimum absolute atomic E-state index is 0.278. The standard InChI is InChI=1S/C20H22N6O/c27-19(13-16-6-5-15-3-1-2-4-17(15)16)25-11-9-24(10-12-25)18-7-8-21-20-23-22-14-26(18)20/h1-4,7-8,14,16H,5-6,9-13H2/t16-/m0/s1. The molecule has 1 saturated heterocycles. The normalized spacial score (nSPS) is 19.5. The molecule has 3 aromatic rings. The van der Waals surface area contributed by atoms with Crippen molar-refractivity contribution < 1.29 is 4.79 Å². The molecule has 7 nitrogen and oxygen atoms in total. The fourth-order valence-corrected chi connectivity index (χ4v) is 4.37. The average molecular weight is 362 g/mol. The number of piperazine rings is 1. The molecule has 27 heavy (non-hydrogen) atoms. The highest BCUT2D eigenvalue weighted by Crippen LogP contribution is 2.35. The van der Waals surface area contributed by atoms with Crippen LogP contribution in [0.1, 0.15) is 29.9 Å². The number of hydrogen-bond acceptors (Lipinski definition) is 5. The Morgan fingerprint density at radius 2 is 1.96 bits per heavy atom. The van der Waals surface area contributed by atoms with Crippen LogP contribution in [0.2, 0.25) is 0 Å². The number of hydrogen-bond donors (Lipinski definition) is 0. The van der Waals surface area contributed by atoms with E-state index in [1.54, 1.807) is 12.5 Å². The van der Waals surface area contributed by atoms with Gasteiger partial charge < -0.3 is 9.80 Å². The molecule has 138 valence electrons. The maximum Gasteiger partial charge on any atom is 0.256 e. The van der Waals surface area contributed by atoms with E-state index in [0.29, 0.717) is 18.1 Å². The number of carbonyl (C=O) groups excluding carboxylic acids is 1. The van der Waals surface area contributed by atoms with Gasteiger partial charge in [-0.3, -0.25) is 9.20 Å². The molecule has 2 aromatic heterocycles. The van der Waals surface area contributed by atoms with Gasteiger partial charge in [0, 0.05) is 38.8 Å². The number of fused-ring (bicyclic) bond motifs is 2. The first kappa shape index (κ1) is 16.2. The number of nitrogens with zero attached hydrogens (tertiary/aromatic N) is 6. The second-order valence-electron chi connectivity index (χ2n) is 7.31. The number of carbonyl (C=O) groups is 1. The Balaban J connectivity index is 1.23. The molecule has 1 atom stereocenters. The summed E-state index contributed by atoms with van der Waals surface area (Å²) in [5.74, 6) is 2.29. The minimum Gasteiger partial charge on any atom is -0.354 e. The van der Waals surface area contributed by atoms with Crippen LogP contribution in [0.4, 0.5) is 5.82 Å². The van der Waals surface area contributed by atoms with Crippen molar-refractivity contribution in [3.63, 3.8) is 0 Å². The van der Waals surface area contributed by atoms with Crippen LogP contribution in [0.5, 0.6) is 0 Å². The Morgan fingerprint density at radius 1 is 1.11 bits per heavy atom. The summed E-state index contributed by atoms with van der Waals surface area (Å²) in [6, 6.07) is 10.5. The summed E-state index contributed by atoms with van der Waals surface area (Å²) in [6.45, 7) is 3.12. The van der Waals surface area contributed by atoms with E-state index in [1.807, 2.05) is 15.4 Å². The number of anilines is 1. The molecule has 1 aliphatic heterocycles. The average Bonchev–Trinajstić information content (AvgIpc) is 3.35. The van der Waals surface area contributed by atoms with Gasteiger partial charge in [0.1, 0.15) is 12.1 Å². The highest BCUT2D eigenvalue weighted by Gasteiger charge is 2.28. The van der Waals surface area contributed by atoms with E-state index in [-0.39, 0.29) is 5.91 Å². The van der Waals surface area contributed by atoms with E-state index in [4.69, 9.17) is 0 Å². The predicted molar refractivity (Wildman–Crippen MR) is 102 cm³/mol. The molecule has 3 heterocycles. The van der Waals surface area contributed by atoms with Gasteiger partial charge in [-0.2, -0.15) is 0 Å². The van der Waals surface area contributed by atoms with Crippen molar-refractivity contribution in [3.05, 3.63) is 54.0 Å². The summed E-state index contributed by atoms with van der Waals surface area (Å²) in [4.78, 5) is 21.4. The molecular weight excluding hydrogens is 340 g/mol. The minimum atomic E-state index is 0.278. The van der Waals surface area contributed by atoms with Gasteiger partial charge in [0.2, 0.25) is 5.91 Å². The zero-order valence-corrected chi connectivity index (χ0v) is 15.2. The highest BCUT2D eigenvalue weighted by atomic mass is 16.2. The van der Waals surface area contributed by atoms with Crippen molar-refractivity contribution in [2.45, 2.75) is 25.2 Å². The van der Waals surface area contributed by atoms with Gasteiger partial charge in [-0.25, -0.2) is 4.98 Å². The lowest BCUT2D eigenvalue weighted by Crippen LogP contribution is -2.49. The number of aryl methyl sites for hydroxylation is 1. The number of benzene rings is 1. The van der Waals surface area contributed by atoms with Crippen molar-refractivity contribution in [2.24, 2.45) is 0 Å². The molecule has 1 aliphatic carbocycles. The Bertz CT molecular complexity index is 975. The van der Waals surface area contributed by atoms with Crippen LogP contribution in [-0.2, 0) is 11.2 Å². The van der Waals surface area contributed by atoms with Gasteiger partial charge in [-0.1, -0.05) is 24.3 Å². The SMILES string of the molecule is O=C(C[C@@H]1CCc2ccccc21)N1CCN(c2ccnc3nncn23)CC1. The predicted octanol–water partition coefficient (Wildman–Crippen LogP) is 1.89. The van der Waals surface area contributed by atoms with Gasteiger partial charge in [-0.05, 0) is 36.0 Å². The lowest BCUT2D eigenvalue weighted by molar-refractivity contribution is -0.131. The van der Waals surface area contributed by atoms with Gasteiger partial charge in [0.05, 0.1) is 0 Å². The van der Waals surface area contributed by atoms with Crippen molar-refractivity contribution in [2.75, 3.05) is 31.1 Å². The second-order valence-corrected chi connectivity index (χ2v) is 7.31. The maximum atomic E-state index is 12.9. The molecule has 7 heteroatoms. The zero-order valence-electron chi connectivity index (χ0n) is 15.2. The summed E-state index contributed by atoms with van der Waals surface area (Å²) in [5.41, 5.74) is 2.78. The van der Waals surface area contributed by atoms with Crippen LogP contribution >= 0.6 is 0 Å². The quantitative estimate of drug-likeness (QED) is 0.712. The summed E-state index contributed by atoms with van der Waals surface area (Å²) in [6.07, 6.45) is 6.26. The van der Waals surface area contributed by atoms with E-state index in [2.05, 4.69) is 44.3 Å². The van der Waals surface area contributed by atoms with Crippen LogP contribution in [0.15, 0.2) is 42.9 Å². The Labute approximate surface area is 157 Å². The summed E-state index contributed by atoms with van der Waals surface area (Å²) in [7, 11) is 0. The van der Waals surface area contributed by atoms with Crippen LogP contribution < -0.4 is 4.90 Å². The number of rotatable bonds is 3. The molecule has 5 rings (SSSR count). The van der Waals surface area contributed by atoms with Crippen LogP contribution in [-0.4, -0.2) is 56.6 Å². The summed E-state index contributed by atoms with van der Waals surface area (Å²) in [5, 5.41) is 7.94. The zero-order chi connectivity index (χ0) is 18.2. The Kier molecular flexibility index (Phi) is 3.99. The van der Waals surface area contributed by atoms with Gasteiger partial charge in [0.25, 0.3) is 5.78 Å². The highest BCUT2D eigenvalue weighted by molar-refractivity contribution is 5.77. The van der Waals surface area contributed by atoms with Crippen molar-refractivity contribution in [1.29, 1.82) is 0 Å². The smallest absolute Gasteiger partial charge is 0.256 e. The third kappa shape index (κ3) is 2.93. The van der Waals surface area contributed by atoms with Gasteiger partial charge >= 0.3 is 0 Å². The van der Waals surface area contributed by atoms with Crippen molar-refractivity contribution in [1.82, 2.24) is 24.5 Å². The fraction of sp³-hybridized carbons (Fsp3) is 0.400.